The molecule has 0 atom stereocenters. The number of aromatic nitrogens is 1. The van der Waals surface area contributed by atoms with E-state index in [0.29, 0.717) is 5.75 Å². The maximum Gasteiger partial charge on any atom is 0.253 e. The zero-order valence-corrected chi connectivity index (χ0v) is 9.55. The standard InChI is InChI=1S/C9H10F4N2S/c1-15(3-4-16-2)7-5(10)8(12)14-9(13)6(7)11/h3-4H2,1-2H3. The highest BCUT2D eigenvalue weighted by molar-refractivity contribution is 7.98. The molecule has 0 aliphatic carbocycles. The Kier molecular flexibility index (Phi) is 4.40. The van der Waals surface area contributed by atoms with Crippen LogP contribution in [-0.4, -0.2) is 30.6 Å². The Morgan fingerprint density at radius 1 is 1.12 bits per heavy atom. The molecule has 0 aliphatic heterocycles. The van der Waals surface area contributed by atoms with Crippen molar-refractivity contribution in [2.45, 2.75) is 0 Å². The zero-order valence-electron chi connectivity index (χ0n) is 8.73. The van der Waals surface area contributed by atoms with E-state index < -0.39 is 29.2 Å². The van der Waals surface area contributed by atoms with Gasteiger partial charge in [0.25, 0.3) is 11.9 Å². The van der Waals surface area contributed by atoms with Gasteiger partial charge >= 0.3 is 0 Å². The summed E-state index contributed by atoms with van der Waals surface area (Å²) in [5.74, 6) is -5.62. The largest absolute Gasteiger partial charge is 0.369 e. The van der Waals surface area contributed by atoms with E-state index >= 15 is 0 Å². The van der Waals surface area contributed by atoms with Gasteiger partial charge in [-0.15, -0.1) is 0 Å². The minimum Gasteiger partial charge on any atom is -0.369 e. The molecule has 0 radical (unpaired) electrons. The molecule has 1 rings (SSSR count). The van der Waals surface area contributed by atoms with Crippen molar-refractivity contribution in [1.29, 1.82) is 0 Å². The Balaban J connectivity index is 3.11. The van der Waals surface area contributed by atoms with E-state index in [-0.39, 0.29) is 6.54 Å². The molecule has 7 heteroatoms. The Hall–Kier alpha value is -0.980. The van der Waals surface area contributed by atoms with Crippen LogP contribution in [0.4, 0.5) is 23.2 Å². The molecule has 0 bridgehead atoms. The van der Waals surface area contributed by atoms with E-state index in [4.69, 9.17) is 0 Å². The number of anilines is 1. The molecular weight excluding hydrogens is 244 g/mol. The van der Waals surface area contributed by atoms with E-state index in [1.165, 1.54) is 18.8 Å². The van der Waals surface area contributed by atoms with Crippen LogP contribution in [0.5, 0.6) is 0 Å². The second-order valence-electron chi connectivity index (χ2n) is 3.08. The fourth-order valence-electron chi connectivity index (χ4n) is 1.15. The van der Waals surface area contributed by atoms with Crippen LogP contribution in [0.25, 0.3) is 0 Å². The first kappa shape index (κ1) is 13.1. The quantitative estimate of drug-likeness (QED) is 0.606. The van der Waals surface area contributed by atoms with Gasteiger partial charge in [0, 0.05) is 19.3 Å². The molecular formula is C9H10F4N2S. The predicted octanol–water partition coefficient (Wildman–Crippen LogP) is 2.44. The monoisotopic (exact) mass is 254 g/mol. The molecule has 1 aromatic rings. The summed E-state index contributed by atoms with van der Waals surface area (Å²) in [6.45, 7) is 0.276. The number of halogens is 4. The third-order valence-electron chi connectivity index (χ3n) is 1.99. The van der Waals surface area contributed by atoms with Gasteiger partial charge in [-0.25, -0.2) is 0 Å². The van der Waals surface area contributed by atoms with E-state index in [1.807, 2.05) is 6.26 Å². The minimum atomic E-state index is -1.63. The van der Waals surface area contributed by atoms with Crippen molar-refractivity contribution >= 4 is 17.4 Å². The van der Waals surface area contributed by atoms with Crippen molar-refractivity contribution in [2.75, 3.05) is 30.5 Å². The number of rotatable bonds is 4. The van der Waals surface area contributed by atoms with Gasteiger partial charge in [0.2, 0.25) is 11.6 Å². The van der Waals surface area contributed by atoms with Gasteiger partial charge in [-0.2, -0.15) is 34.3 Å². The number of nitrogens with zero attached hydrogens (tertiary/aromatic N) is 2. The molecule has 1 heterocycles. The maximum atomic E-state index is 13.2. The number of hydrogen-bond donors (Lipinski definition) is 0. The Labute approximate surface area is 94.7 Å². The van der Waals surface area contributed by atoms with E-state index in [9.17, 15) is 17.6 Å². The second kappa shape index (κ2) is 5.38. The van der Waals surface area contributed by atoms with Crippen molar-refractivity contribution in [1.82, 2.24) is 4.98 Å². The van der Waals surface area contributed by atoms with E-state index in [0.717, 1.165) is 4.90 Å². The maximum absolute atomic E-state index is 13.2. The number of thioether (sulfide) groups is 1. The lowest BCUT2D eigenvalue weighted by molar-refractivity contribution is 0.407. The molecule has 0 saturated carbocycles. The van der Waals surface area contributed by atoms with Crippen LogP contribution in [0.15, 0.2) is 0 Å². The second-order valence-corrected chi connectivity index (χ2v) is 4.07. The molecule has 0 amide bonds. The topological polar surface area (TPSA) is 16.1 Å². The smallest absolute Gasteiger partial charge is 0.253 e. The molecule has 0 unspecified atom stereocenters. The lowest BCUT2D eigenvalue weighted by Crippen LogP contribution is -2.24. The van der Waals surface area contributed by atoms with Gasteiger partial charge in [-0.05, 0) is 6.26 Å². The number of pyridine rings is 1. The summed E-state index contributed by atoms with van der Waals surface area (Å²) < 4.78 is 52.0. The highest BCUT2D eigenvalue weighted by Gasteiger charge is 2.23. The third kappa shape index (κ3) is 2.58. The Morgan fingerprint density at radius 2 is 1.62 bits per heavy atom. The van der Waals surface area contributed by atoms with Gasteiger partial charge in [0.1, 0.15) is 5.69 Å². The SMILES string of the molecule is CSCCN(C)c1c(F)c(F)nc(F)c1F. The number of hydrogen-bond acceptors (Lipinski definition) is 3. The van der Waals surface area contributed by atoms with Crippen molar-refractivity contribution in [2.24, 2.45) is 0 Å². The van der Waals surface area contributed by atoms with E-state index in [1.54, 1.807) is 0 Å². The first-order chi connectivity index (χ1) is 7.49. The summed E-state index contributed by atoms with van der Waals surface area (Å²) in [6.07, 6.45) is 1.81. The van der Waals surface area contributed by atoms with E-state index in [2.05, 4.69) is 4.98 Å². The molecule has 16 heavy (non-hydrogen) atoms. The molecule has 0 aliphatic rings. The first-order valence-corrected chi connectivity index (χ1v) is 5.78. The lowest BCUT2D eigenvalue weighted by Gasteiger charge is -2.19. The minimum absolute atomic E-state index is 0.276. The van der Waals surface area contributed by atoms with Crippen molar-refractivity contribution in [3.05, 3.63) is 23.5 Å². The molecule has 2 nitrogen and oxygen atoms in total. The molecule has 0 aromatic carbocycles. The summed E-state index contributed by atoms with van der Waals surface area (Å²) in [5, 5.41) is 0. The molecule has 0 fully saturated rings. The average Bonchev–Trinajstić information content (AvgIpc) is 2.24. The molecule has 0 spiro atoms. The molecule has 0 N–H and O–H groups in total. The molecule has 0 saturated heterocycles. The van der Waals surface area contributed by atoms with Gasteiger partial charge < -0.3 is 4.90 Å². The fourth-order valence-corrected chi connectivity index (χ4v) is 1.61. The predicted molar refractivity (Wildman–Crippen MR) is 55.7 cm³/mol. The van der Waals surface area contributed by atoms with Crippen LogP contribution in [-0.2, 0) is 0 Å². The van der Waals surface area contributed by atoms with Crippen LogP contribution >= 0.6 is 11.8 Å². The van der Waals surface area contributed by atoms with Crippen molar-refractivity contribution < 1.29 is 17.6 Å². The van der Waals surface area contributed by atoms with Crippen LogP contribution < -0.4 is 4.90 Å². The Bertz CT molecular complexity index is 360. The zero-order chi connectivity index (χ0) is 12.3. The summed E-state index contributed by atoms with van der Waals surface area (Å²) in [4.78, 5) is 3.60. The fraction of sp³-hybridized carbons (Fsp3) is 0.444. The highest BCUT2D eigenvalue weighted by Crippen LogP contribution is 2.25. The normalized spacial score (nSPS) is 10.6. The summed E-state index contributed by atoms with van der Waals surface area (Å²) >= 11 is 1.46. The summed E-state index contributed by atoms with van der Waals surface area (Å²) in [6, 6.07) is 0. The molecule has 90 valence electrons. The van der Waals surface area contributed by atoms with Crippen molar-refractivity contribution in [3.63, 3.8) is 0 Å². The van der Waals surface area contributed by atoms with Gasteiger partial charge in [0.05, 0.1) is 0 Å². The van der Waals surface area contributed by atoms with Crippen molar-refractivity contribution in [3.8, 4) is 0 Å². The third-order valence-corrected chi connectivity index (χ3v) is 2.58. The van der Waals surface area contributed by atoms with Crippen LogP contribution in [0.3, 0.4) is 0 Å². The van der Waals surface area contributed by atoms with Gasteiger partial charge in [-0.3, -0.25) is 0 Å². The first-order valence-electron chi connectivity index (χ1n) is 4.39. The van der Waals surface area contributed by atoms with Gasteiger partial charge in [-0.1, -0.05) is 0 Å². The highest BCUT2D eigenvalue weighted by atomic mass is 32.2. The Morgan fingerprint density at radius 3 is 2.06 bits per heavy atom. The lowest BCUT2D eigenvalue weighted by atomic mass is 10.3. The summed E-state index contributed by atoms with van der Waals surface area (Å²) in [5.41, 5.74) is -0.723. The molecule has 1 aromatic heterocycles. The summed E-state index contributed by atoms with van der Waals surface area (Å²) in [7, 11) is 1.36. The van der Waals surface area contributed by atoms with Gasteiger partial charge in [0.15, 0.2) is 0 Å². The van der Waals surface area contributed by atoms with Crippen LogP contribution in [0.2, 0.25) is 0 Å². The average molecular weight is 254 g/mol. The van der Waals surface area contributed by atoms with Crippen LogP contribution in [0.1, 0.15) is 0 Å². The van der Waals surface area contributed by atoms with Crippen LogP contribution in [0, 0.1) is 23.5 Å².